The van der Waals surface area contributed by atoms with Crippen LogP contribution in [0.5, 0.6) is 5.75 Å². The third-order valence-electron chi connectivity index (χ3n) is 3.49. The normalized spacial score (nSPS) is 18.3. The van der Waals surface area contributed by atoms with Crippen LogP contribution in [-0.2, 0) is 4.79 Å². The van der Waals surface area contributed by atoms with Gasteiger partial charge in [-0.15, -0.1) is 0 Å². The standard InChI is InChI=1S/C13H14F2N2O5/c14-13(15)22-11-6-9(3-4-10(11)17(20)21)16-5-1-2-8(7-16)12(18)19/h3-4,6,8,13H,1-2,5,7H2,(H,18,19). The van der Waals surface area contributed by atoms with Gasteiger partial charge in [0.15, 0.2) is 0 Å². The summed E-state index contributed by atoms with van der Waals surface area (Å²) in [6.45, 7) is -2.40. The third-order valence-corrected chi connectivity index (χ3v) is 3.49. The molecule has 1 atom stereocenters. The number of piperidine rings is 1. The van der Waals surface area contributed by atoms with Gasteiger partial charge in [0.2, 0.25) is 5.75 Å². The first-order valence-electron chi connectivity index (χ1n) is 6.59. The van der Waals surface area contributed by atoms with E-state index in [9.17, 15) is 23.7 Å². The molecule has 120 valence electrons. The largest absolute Gasteiger partial charge is 0.481 e. The van der Waals surface area contributed by atoms with Crippen molar-refractivity contribution in [3.8, 4) is 5.75 Å². The fourth-order valence-corrected chi connectivity index (χ4v) is 2.45. The van der Waals surface area contributed by atoms with Crippen LogP contribution in [0, 0.1) is 16.0 Å². The highest BCUT2D eigenvalue weighted by Crippen LogP contribution is 2.34. The van der Waals surface area contributed by atoms with E-state index in [4.69, 9.17) is 5.11 Å². The molecule has 0 bridgehead atoms. The van der Waals surface area contributed by atoms with Gasteiger partial charge in [0.25, 0.3) is 0 Å². The summed E-state index contributed by atoms with van der Waals surface area (Å²) >= 11 is 0. The average Bonchev–Trinajstić information content (AvgIpc) is 2.46. The van der Waals surface area contributed by atoms with Gasteiger partial charge in [0.05, 0.1) is 10.8 Å². The van der Waals surface area contributed by atoms with E-state index in [1.54, 1.807) is 4.90 Å². The molecule has 9 heteroatoms. The number of halogens is 2. The molecule has 0 aromatic heterocycles. The molecule has 22 heavy (non-hydrogen) atoms. The van der Waals surface area contributed by atoms with Gasteiger partial charge in [-0.2, -0.15) is 8.78 Å². The molecule has 7 nitrogen and oxygen atoms in total. The van der Waals surface area contributed by atoms with Crippen LogP contribution in [0.4, 0.5) is 20.2 Å². The second kappa shape index (κ2) is 6.54. The highest BCUT2D eigenvalue weighted by molar-refractivity contribution is 5.71. The van der Waals surface area contributed by atoms with Crippen LogP contribution in [0.3, 0.4) is 0 Å². The summed E-state index contributed by atoms with van der Waals surface area (Å²) in [6.07, 6.45) is 1.18. The number of nitro benzene ring substituents is 1. The molecule has 1 unspecified atom stereocenters. The number of nitrogens with zero attached hydrogens (tertiary/aromatic N) is 2. The van der Waals surface area contributed by atoms with Crippen molar-refractivity contribution in [2.24, 2.45) is 5.92 Å². The molecule has 0 radical (unpaired) electrons. The maximum Gasteiger partial charge on any atom is 0.387 e. The van der Waals surface area contributed by atoms with Crippen LogP contribution in [-0.4, -0.2) is 35.7 Å². The maximum absolute atomic E-state index is 12.4. The number of carbonyl (C=O) groups is 1. The SMILES string of the molecule is O=C(O)C1CCCN(c2ccc([N+](=O)[O-])c(OC(F)F)c2)C1. The minimum atomic E-state index is -3.18. The Labute approximate surface area is 124 Å². The number of carboxylic acid groups (broad SMARTS) is 1. The monoisotopic (exact) mass is 316 g/mol. The first kappa shape index (κ1) is 15.9. The molecule has 1 fully saturated rings. The van der Waals surface area contributed by atoms with Crippen LogP contribution in [0.25, 0.3) is 0 Å². The summed E-state index contributed by atoms with van der Waals surface area (Å²) in [6, 6.07) is 3.63. The van der Waals surface area contributed by atoms with Crippen LogP contribution in [0.1, 0.15) is 12.8 Å². The maximum atomic E-state index is 12.4. The summed E-state index contributed by atoms with van der Waals surface area (Å²) in [5.41, 5.74) is -0.136. The number of hydrogen-bond acceptors (Lipinski definition) is 5. The smallest absolute Gasteiger partial charge is 0.387 e. The predicted molar refractivity (Wildman–Crippen MR) is 72.3 cm³/mol. The van der Waals surface area contributed by atoms with Crippen LogP contribution in [0.15, 0.2) is 18.2 Å². The molecule has 1 N–H and O–H groups in total. The van der Waals surface area contributed by atoms with Crippen molar-refractivity contribution in [2.75, 3.05) is 18.0 Å². The summed E-state index contributed by atoms with van der Waals surface area (Å²) in [5.74, 6) is -2.01. The van der Waals surface area contributed by atoms with E-state index in [-0.39, 0.29) is 6.54 Å². The molecule has 1 saturated heterocycles. The van der Waals surface area contributed by atoms with Gasteiger partial charge in [0.1, 0.15) is 0 Å². The van der Waals surface area contributed by atoms with E-state index in [0.29, 0.717) is 25.1 Å². The van der Waals surface area contributed by atoms with Crippen molar-refractivity contribution in [1.82, 2.24) is 0 Å². The Morgan fingerprint density at radius 3 is 2.82 bits per heavy atom. The van der Waals surface area contributed by atoms with Crippen molar-refractivity contribution in [3.63, 3.8) is 0 Å². The molecule has 1 aromatic carbocycles. The van der Waals surface area contributed by atoms with Crippen molar-refractivity contribution >= 4 is 17.3 Å². The molecule has 1 heterocycles. The number of ether oxygens (including phenoxy) is 1. The van der Waals surface area contributed by atoms with E-state index >= 15 is 0 Å². The lowest BCUT2D eigenvalue weighted by atomic mass is 9.98. The zero-order chi connectivity index (χ0) is 16.3. The van der Waals surface area contributed by atoms with Crippen molar-refractivity contribution in [3.05, 3.63) is 28.3 Å². The Balaban J connectivity index is 2.27. The molecule has 0 saturated carbocycles. The Hall–Kier alpha value is -2.45. The summed E-state index contributed by atoms with van der Waals surface area (Å²) in [5, 5.41) is 19.9. The highest BCUT2D eigenvalue weighted by Gasteiger charge is 2.27. The van der Waals surface area contributed by atoms with Gasteiger partial charge in [-0.25, -0.2) is 0 Å². The molecular formula is C13H14F2N2O5. The second-order valence-corrected chi connectivity index (χ2v) is 4.91. The molecule has 0 amide bonds. The molecule has 0 spiro atoms. The number of anilines is 1. The van der Waals surface area contributed by atoms with Crippen LogP contribution >= 0.6 is 0 Å². The fraction of sp³-hybridized carbons (Fsp3) is 0.462. The lowest BCUT2D eigenvalue weighted by Gasteiger charge is -2.32. The molecule has 2 rings (SSSR count). The zero-order valence-electron chi connectivity index (χ0n) is 11.4. The van der Waals surface area contributed by atoms with Gasteiger partial charge in [-0.1, -0.05) is 0 Å². The van der Waals surface area contributed by atoms with Gasteiger partial charge in [0, 0.05) is 30.9 Å². The number of hydrogen-bond donors (Lipinski definition) is 1. The first-order chi connectivity index (χ1) is 10.4. The number of aliphatic carboxylic acids is 1. The minimum absolute atomic E-state index is 0.223. The topological polar surface area (TPSA) is 92.9 Å². The van der Waals surface area contributed by atoms with E-state index in [2.05, 4.69) is 4.74 Å². The quantitative estimate of drug-likeness (QED) is 0.662. The van der Waals surface area contributed by atoms with E-state index < -0.39 is 34.9 Å². The van der Waals surface area contributed by atoms with Gasteiger partial charge >= 0.3 is 18.3 Å². The first-order valence-corrected chi connectivity index (χ1v) is 6.59. The molecule has 0 aliphatic carbocycles. The van der Waals surface area contributed by atoms with E-state index in [0.717, 1.165) is 12.1 Å². The molecule has 1 aliphatic heterocycles. The van der Waals surface area contributed by atoms with Crippen molar-refractivity contribution in [2.45, 2.75) is 19.5 Å². The summed E-state index contributed by atoms with van der Waals surface area (Å²) in [4.78, 5) is 22.8. The molecule has 1 aliphatic rings. The lowest BCUT2D eigenvalue weighted by Crippen LogP contribution is -2.38. The van der Waals surface area contributed by atoms with Crippen LogP contribution < -0.4 is 9.64 Å². The highest BCUT2D eigenvalue weighted by atomic mass is 19.3. The number of benzene rings is 1. The summed E-state index contributed by atoms with van der Waals surface area (Å²) < 4.78 is 28.9. The van der Waals surface area contributed by atoms with Gasteiger partial charge in [-0.3, -0.25) is 14.9 Å². The van der Waals surface area contributed by atoms with E-state index in [1.165, 1.54) is 6.07 Å². The number of carboxylic acids is 1. The van der Waals surface area contributed by atoms with Crippen molar-refractivity contribution in [1.29, 1.82) is 0 Å². The molecular weight excluding hydrogens is 302 g/mol. The fourth-order valence-electron chi connectivity index (χ4n) is 2.45. The number of alkyl halides is 2. The lowest BCUT2D eigenvalue weighted by molar-refractivity contribution is -0.386. The van der Waals surface area contributed by atoms with E-state index in [1.807, 2.05) is 0 Å². The predicted octanol–water partition coefficient (Wildman–Crippen LogP) is 2.50. The second-order valence-electron chi connectivity index (χ2n) is 4.91. The van der Waals surface area contributed by atoms with Gasteiger partial charge < -0.3 is 14.7 Å². The summed E-state index contributed by atoms with van der Waals surface area (Å²) in [7, 11) is 0. The Kier molecular flexibility index (Phi) is 4.74. The number of nitro groups is 1. The minimum Gasteiger partial charge on any atom is -0.481 e. The average molecular weight is 316 g/mol. The van der Waals surface area contributed by atoms with Crippen LogP contribution in [0.2, 0.25) is 0 Å². The Bertz CT molecular complexity index is 582. The number of rotatable bonds is 5. The third kappa shape index (κ3) is 3.60. The Morgan fingerprint density at radius 1 is 1.50 bits per heavy atom. The Morgan fingerprint density at radius 2 is 2.23 bits per heavy atom. The van der Waals surface area contributed by atoms with Gasteiger partial charge in [-0.05, 0) is 18.9 Å². The van der Waals surface area contributed by atoms with Crippen molar-refractivity contribution < 1.29 is 28.3 Å². The molecule has 1 aromatic rings. The zero-order valence-corrected chi connectivity index (χ0v) is 11.4.